The molecule has 1 unspecified atom stereocenters. The maximum atomic E-state index is 12.1. The van der Waals surface area contributed by atoms with Gasteiger partial charge in [0.05, 0.1) is 19.6 Å². The number of rotatable bonds is 6. The summed E-state index contributed by atoms with van der Waals surface area (Å²) in [6.07, 6.45) is -0.0216. The number of nitrogens with zero attached hydrogens (tertiary/aromatic N) is 1. The Balaban J connectivity index is 2.45. The van der Waals surface area contributed by atoms with Crippen LogP contribution in [0.25, 0.3) is 0 Å². The number of hydrogen-bond donors (Lipinski definition) is 2. The second-order valence-corrected chi connectivity index (χ2v) is 6.14. The molecule has 0 bridgehead atoms. The molecular formula is C14H24N2O5. The van der Waals surface area contributed by atoms with Crippen LogP contribution in [-0.4, -0.2) is 60.1 Å². The van der Waals surface area contributed by atoms with E-state index in [0.717, 1.165) is 0 Å². The Bertz CT molecular complexity index is 402. The first-order valence-corrected chi connectivity index (χ1v) is 7.09. The van der Waals surface area contributed by atoms with Gasteiger partial charge in [0.1, 0.15) is 6.04 Å². The predicted octanol–water partition coefficient (Wildman–Crippen LogP) is 0.241. The van der Waals surface area contributed by atoms with Crippen LogP contribution in [0, 0.1) is 5.41 Å². The molecule has 7 nitrogen and oxygen atoms in total. The van der Waals surface area contributed by atoms with Gasteiger partial charge in [-0.25, -0.2) is 0 Å². The van der Waals surface area contributed by atoms with Crippen molar-refractivity contribution in [2.75, 3.05) is 26.3 Å². The van der Waals surface area contributed by atoms with Crippen LogP contribution in [0.1, 0.15) is 33.6 Å². The number of ether oxygens (including phenoxy) is 1. The lowest BCUT2D eigenvalue weighted by Crippen LogP contribution is -2.50. The average molecular weight is 300 g/mol. The minimum absolute atomic E-state index is 0.0695. The molecule has 0 saturated carbocycles. The number of carbonyl (C=O) groups excluding carboxylic acids is 2. The van der Waals surface area contributed by atoms with Crippen molar-refractivity contribution in [2.45, 2.75) is 39.7 Å². The zero-order chi connectivity index (χ0) is 16.0. The van der Waals surface area contributed by atoms with Crippen molar-refractivity contribution in [1.82, 2.24) is 10.2 Å². The van der Waals surface area contributed by atoms with Gasteiger partial charge < -0.3 is 20.1 Å². The van der Waals surface area contributed by atoms with Gasteiger partial charge in [-0.1, -0.05) is 13.8 Å². The van der Waals surface area contributed by atoms with Gasteiger partial charge in [-0.05, 0) is 12.3 Å². The van der Waals surface area contributed by atoms with E-state index in [1.54, 1.807) is 25.7 Å². The quantitative estimate of drug-likeness (QED) is 0.732. The van der Waals surface area contributed by atoms with E-state index in [-0.39, 0.29) is 24.7 Å². The largest absolute Gasteiger partial charge is 0.481 e. The van der Waals surface area contributed by atoms with Crippen LogP contribution >= 0.6 is 0 Å². The molecule has 1 rings (SSSR count). The number of carbonyl (C=O) groups is 3. The van der Waals surface area contributed by atoms with Crippen LogP contribution in [-0.2, 0) is 19.1 Å². The fraction of sp³-hybridized carbons (Fsp3) is 0.786. The molecule has 1 fully saturated rings. The molecule has 120 valence electrons. The summed E-state index contributed by atoms with van der Waals surface area (Å²) >= 11 is 0. The van der Waals surface area contributed by atoms with Gasteiger partial charge in [-0.15, -0.1) is 0 Å². The number of hydrogen-bond acceptors (Lipinski definition) is 4. The molecule has 2 N–H and O–H groups in total. The highest BCUT2D eigenvalue weighted by molar-refractivity contribution is 5.87. The van der Waals surface area contributed by atoms with Gasteiger partial charge >= 0.3 is 5.97 Å². The van der Waals surface area contributed by atoms with Crippen LogP contribution in [0.2, 0.25) is 0 Å². The fourth-order valence-corrected chi connectivity index (χ4v) is 2.32. The van der Waals surface area contributed by atoms with Crippen molar-refractivity contribution >= 4 is 17.8 Å². The van der Waals surface area contributed by atoms with Crippen LogP contribution in [0.3, 0.4) is 0 Å². The second kappa shape index (κ2) is 7.40. The lowest BCUT2D eigenvalue weighted by Gasteiger charge is -2.30. The zero-order valence-electron chi connectivity index (χ0n) is 12.8. The molecule has 1 atom stereocenters. The molecule has 21 heavy (non-hydrogen) atoms. The first-order valence-electron chi connectivity index (χ1n) is 7.09. The van der Waals surface area contributed by atoms with Crippen molar-refractivity contribution in [3.8, 4) is 0 Å². The van der Waals surface area contributed by atoms with E-state index in [4.69, 9.17) is 9.84 Å². The molecule has 1 aliphatic rings. The summed E-state index contributed by atoms with van der Waals surface area (Å²) in [6, 6.07) is -0.615. The number of aliphatic carboxylic acids is 1. The molecule has 7 heteroatoms. The van der Waals surface area contributed by atoms with E-state index >= 15 is 0 Å². The van der Waals surface area contributed by atoms with Crippen molar-refractivity contribution in [1.29, 1.82) is 0 Å². The summed E-state index contributed by atoms with van der Waals surface area (Å²) in [7, 11) is 0. The Morgan fingerprint density at radius 3 is 2.33 bits per heavy atom. The molecule has 0 aliphatic carbocycles. The van der Waals surface area contributed by atoms with Gasteiger partial charge in [0.15, 0.2) is 0 Å². The Hall–Kier alpha value is -1.63. The minimum Gasteiger partial charge on any atom is -0.481 e. The standard InChI is InChI=1S/C14H24N2O5/c1-10(13(20)16-4-6-21-7-5-16)15-11(17)8-14(2,3)9-12(18)19/h10H,4-9H2,1-3H3,(H,15,17)(H,18,19). The van der Waals surface area contributed by atoms with Gasteiger partial charge in [-0.2, -0.15) is 0 Å². The number of amides is 2. The van der Waals surface area contributed by atoms with E-state index in [0.29, 0.717) is 26.3 Å². The maximum absolute atomic E-state index is 12.1. The molecule has 2 amide bonds. The topological polar surface area (TPSA) is 95.9 Å². The molecule has 1 aliphatic heterocycles. The monoisotopic (exact) mass is 300 g/mol. The number of morpholine rings is 1. The van der Waals surface area contributed by atoms with E-state index in [2.05, 4.69) is 5.32 Å². The van der Waals surface area contributed by atoms with Crippen LogP contribution < -0.4 is 5.32 Å². The fourth-order valence-electron chi connectivity index (χ4n) is 2.32. The van der Waals surface area contributed by atoms with Crippen molar-refractivity contribution in [3.63, 3.8) is 0 Å². The normalized spacial score (nSPS) is 17.2. The molecular weight excluding hydrogens is 276 g/mol. The highest BCUT2D eigenvalue weighted by Crippen LogP contribution is 2.24. The second-order valence-electron chi connectivity index (χ2n) is 6.14. The number of nitrogens with one attached hydrogen (secondary N) is 1. The summed E-state index contributed by atoms with van der Waals surface area (Å²) in [4.78, 5) is 36.5. The van der Waals surface area contributed by atoms with Gasteiger partial charge in [0, 0.05) is 19.5 Å². The average Bonchev–Trinajstić information content (AvgIpc) is 2.36. The zero-order valence-corrected chi connectivity index (χ0v) is 12.8. The van der Waals surface area contributed by atoms with Crippen molar-refractivity contribution < 1.29 is 24.2 Å². The Morgan fingerprint density at radius 1 is 1.24 bits per heavy atom. The van der Waals surface area contributed by atoms with Crippen LogP contribution in [0.5, 0.6) is 0 Å². The predicted molar refractivity (Wildman–Crippen MR) is 75.7 cm³/mol. The minimum atomic E-state index is -0.940. The van der Waals surface area contributed by atoms with Gasteiger partial charge in [-0.3, -0.25) is 14.4 Å². The lowest BCUT2D eigenvalue weighted by atomic mass is 9.85. The summed E-state index contributed by atoms with van der Waals surface area (Å²) in [5, 5.41) is 11.4. The van der Waals surface area contributed by atoms with Gasteiger partial charge in [0.2, 0.25) is 11.8 Å². The molecule has 0 aromatic rings. The summed E-state index contributed by atoms with van der Waals surface area (Å²) in [5.41, 5.74) is -0.641. The van der Waals surface area contributed by atoms with Crippen molar-refractivity contribution in [3.05, 3.63) is 0 Å². The third-order valence-electron chi connectivity index (χ3n) is 3.34. The molecule has 0 aromatic carbocycles. The highest BCUT2D eigenvalue weighted by atomic mass is 16.5. The van der Waals surface area contributed by atoms with E-state index in [1.807, 2.05) is 0 Å². The summed E-state index contributed by atoms with van der Waals surface area (Å²) in [6.45, 7) is 7.16. The van der Waals surface area contributed by atoms with Crippen LogP contribution in [0.15, 0.2) is 0 Å². The Morgan fingerprint density at radius 2 is 1.81 bits per heavy atom. The first-order chi connectivity index (χ1) is 9.71. The molecule has 0 spiro atoms. The summed E-state index contributed by atoms with van der Waals surface area (Å²) < 4.78 is 5.18. The maximum Gasteiger partial charge on any atom is 0.303 e. The third kappa shape index (κ3) is 6.12. The van der Waals surface area contributed by atoms with Gasteiger partial charge in [0.25, 0.3) is 0 Å². The smallest absolute Gasteiger partial charge is 0.303 e. The molecule has 0 radical (unpaired) electrons. The number of carboxylic acid groups (broad SMARTS) is 1. The van der Waals surface area contributed by atoms with E-state index < -0.39 is 17.4 Å². The Labute approximate surface area is 124 Å². The third-order valence-corrected chi connectivity index (χ3v) is 3.34. The first kappa shape index (κ1) is 17.4. The molecule has 0 aromatic heterocycles. The lowest BCUT2D eigenvalue weighted by molar-refractivity contribution is -0.141. The number of carboxylic acids is 1. The molecule has 1 heterocycles. The Kier molecular flexibility index (Phi) is 6.14. The van der Waals surface area contributed by atoms with E-state index in [9.17, 15) is 14.4 Å². The molecule has 1 saturated heterocycles. The van der Waals surface area contributed by atoms with E-state index in [1.165, 1.54) is 0 Å². The van der Waals surface area contributed by atoms with Crippen molar-refractivity contribution in [2.24, 2.45) is 5.41 Å². The van der Waals surface area contributed by atoms with Crippen LogP contribution in [0.4, 0.5) is 0 Å². The SMILES string of the molecule is CC(NC(=O)CC(C)(C)CC(=O)O)C(=O)N1CCOCC1. The highest BCUT2D eigenvalue weighted by Gasteiger charge is 2.28. The summed E-state index contributed by atoms with van der Waals surface area (Å²) in [5.74, 6) is -1.39.